The van der Waals surface area contributed by atoms with E-state index in [1.54, 1.807) is 12.1 Å². The Morgan fingerprint density at radius 3 is 2.62 bits per heavy atom. The molecule has 3 aromatic rings. The van der Waals surface area contributed by atoms with E-state index in [9.17, 15) is 4.79 Å². The third-order valence-corrected chi connectivity index (χ3v) is 4.58. The number of carbonyl (C=O) groups is 1. The summed E-state index contributed by atoms with van der Waals surface area (Å²) in [5, 5.41) is 5.20. The maximum Gasteiger partial charge on any atom is 0.255 e. The second kappa shape index (κ2) is 7.58. The van der Waals surface area contributed by atoms with E-state index >= 15 is 0 Å². The van der Waals surface area contributed by atoms with Crippen molar-refractivity contribution in [2.45, 2.75) is 18.9 Å². The van der Waals surface area contributed by atoms with Crippen molar-refractivity contribution in [2.75, 3.05) is 18.5 Å². The molecule has 4 heteroatoms. The van der Waals surface area contributed by atoms with Crippen LogP contribution in [0.25, 0.3) is 10.8 Å². The highest BCUT2D eigenvalue weighted by atomic mass is 16.5. The number of ether oxygens (including phenoxy) is 2. The zero-order valence-electron chi connectivity index (χ0n) is 14.5. The normalized spacial score (nSPS) is 16.5. The van der Waals surface area contributed by atoms with Gasteiger partial charge in [-0.05, 0) is 60.0 Å². The quantitative estimate of drug-likeness (QED) is 0.731. The largest absolute Gasteiger partial charge is 0.491 e. The maximum absolute atomic E-state index is 12.5. The van der Waals surface area contributed by atoms with Gasteiger partial charge in [-0.1, -0.05) is 30.3 Å². The summed E-state index contributed by atoms with van der Waals surface area (Å²) >= 11 is 0. The molecule has 0 aliphatic carbocycles. The first-order valence-corrected chi connectivity index (χ1v) is 8.92. The predicted molar refractivity (Wildman–Crippen MR) is 103 cm³/mol. The zero-order chi connectivity index (χ0) is 17.8. The lowest BCUT2D eigenvalue weighted by molar-refractivity contribution is 0.0679. The number of amides is 1. The lowest BCUT2D eigenvalue weighted by Crippen LogP contribution is -2.16. The Morgan fingerprint density at radius 2 is 1.85 bits per heavy atom. The van der Waals surface area contributed by atoms with Gasteiger partial charge in [0.1, 0.15) is 12.4 Å². The number of hydrogen-bond donors (Lipinski definition) is 1. The molecule has 1 amide bonds. The van der Waals surface area contributed by atoms with Crippen LogP contribution in [0.4, 0.5) is 5.69 Å². The first kappa shape index (κ1) is 16.6. The van der Waals surface area contributed by atoms with Gasteiger partial charge in [-0.2, -0.15) is 0 Å². The number of rotatable bonds is 5. The van der Waals surface area contributed by atoms with E-state index in [-0.39, 0.29) is 12.0 Å². The molecule has 4 rings (SSSR count). The Labute approximate surface area is 152 Å². The molecule has 3 aromatic carbocycles. The molecule has 1 heterocycles. The minimum Gasteiger partial charge on any atom is -0.491 e. The van der Waals surface area contributed by atoms with E-state index in [1.165, 1.54) is 0 Å². The molecule has 0 radical (unpaired) electrons. The summed E-state index contributed by atoms with van der Waals surface area (Å²) < 4.78 is 11.3. The van der Waals surface area contributed by atoms with Crippen molar-refractivity contribution in [2.24, 2.45) is 0 Å². The Bertz CT molecular complexity index is 899. The predicted octanol–water partition coefficient (Wildman–Crippen LogP) is 4.65. The molecule has 1 aliphatic rings. The molecule has 1 aliphatic heterocycles. The topological polar surface area (TPSA) is 47.6 Å². The highest BCUT2D eigenvalue weighted by Gasteiger charge is 2.16. The van der Waals surface area contributed by atoms with E-state index in [1.807, 2.05) is 48.5 Å². The van der Waals surface area contributed by atoms with Crippen LogP contribution in [0.15, 0.2) is 66.7 Å². The fourth-order valence-corrected chi connectivity index (χ4v) is 3.14. The Balaban J connectivity index is 1.38. The molecule has 132 valence electrons. The van der Waals surface area contributed by atoms with Gasteiger partial charge in [0.25, 0.3) is 5.91 Å². The SMILES string of the molecule is O=C(Nc1ccc2ccccc2c1)c1ccc(OCC2CCCO2)cc1. The number of benzene rings is 3. The van der Waals surface area contributed by atoms with Crippen LogP contribution in [-0.4, -0.2) is 25.2 Å². The lowest BCUT2D eigenvalue weighted by Gasteiger charge is -2.12. The summed E-state index contributed by atoms with van der Waals surface area (Å²) in [6.45, 7) is 1.38. The molecule has 0 spiro atoms. The fourth-order valence-electron chi connectivity index (χ4n) is 3.14. The van der Waals surface area contributed by atoms with Crippen molar-refractivity contribution in [1.29, 1.82) is 0 Å². The summed E-state index contributed by atoms with van der Waals surface area (Å²) in [6.07, 6.45) is 2.33. The van der Waals surface area contributed by atoms with Crippen LogP contribution in [0.2, 0.25) is 0 Å². The van der Waals surface area contributed by atoms with Crippen molar-refractivity contribution in [1.82, 2.24) is 0 Å². The first-order valence-electron chi connectivity index (χ1n) is 8.92. The molecule has 0 bridgehead atoms. The van der Waals surface area contributed by atoms with Gasteiger partial charge >= 0.3 is 0 Å². The molecule has 1 unspecified atom stereocenters. The monoisotopic (exact) mass is 347 g/mol. The molecule has 1 atom stereocenters. The molecule has 4 nitrogen and oxygen atoms in total. The van der Waals surface area contributed by atoms with Crippen molar-refractivity contribution in [3.8, 4) is 5.75 Å². The van der Waals surface area contributed by atoms with Crippen LogP contribution in [0.5, 0.6) is 5.75 Å². The molecular weight excluding hydrogens is 326 g/mol. The minimum atomic E-state index is -0.133. The van der Waals surface area contributed by atoms with Crippen molar-refractivity contribution in [3.05, 3.63) is 72.3 Å². The van der Waals surface area contributed by atoms with Crippen LogP contribution in [-0.2, 0) is 4.74 Å². The Hall–Kier alpha value is -2.85. The van der Waals surface area contributed by atoms with E-state index in [4.69, 9.17) is 9.47 Å². The van der Waals surface area contributed by atoms with Crippen molar-refractivity contribution < 1.29 is 14.3 Å². The zero-order valence-corrected chi connectivity index (χ0v) is 14.5. The van der Waals surface area contributed by atoms with E-state index in [0.717, 1.165) is 41.7 Å². The smallest absolute Gasteiger partial charge is 0.255 e. The van der Waals surface area contributed by atoms with Gasteiger partial charge < -0.3 is 14.8 Å². The number of hydrogen-bond acceptors (Lipinski definition) is 3. The summed E-state index contributed by atoms with van der Waals surface area (Å²) in [4.78, 5) is 12.5. The van der Waals surface area contributed by atoms with Gasteiger partial charge in [0.05, 0.1) is 6.10 Å². The molecular formula is C22H21NO3. The highest BCUT2D eigenvalue weighted by Crippen LogP contribution is 2.20. The Morgan fingerprint density at radius 1 is 1.04 bits per heavy atom. The van der Waals surface area contributed by atoms with Gasteiger partial charge in [-0.25, -0.2) is 0 Å². The first-order chi connectivity index (χ1) is 12.8. The van der Waals surface area contributed by atoms with E-state index in [0.29, 0.717) is 12.2 Å². The Kier molecular flexibility index (Phi) is 4.84. The second-order valence-electron chi connectivity index (χ2n) is 6.49. The molecule has 1 fully saturated rings. The number of fused-ring (bicyclic) bond motifs is 1. The van der Waals surface area contributed by atoms with Crippen LogP contribution in [0.3, 0.4) is 0 Å². The summed E-state index contributed by atoms with van der Waals surface area (Å²) in [6, 6.07) is 21.2. The average Bonchev–Trinajstić information content (AvgIpc) is 3.20. The van der Waals surface area contributed by atoms with Crippen LogP contribution in [0.1, 0.15) is 23.2 Å². The number of carbonyl (C=O) groups excluding carboxylic acids is 1. The third kappa shape index (κ3) is 3.86. The fraction of sp³-hybridized carbons (Fsp3) is 0.227. The van der Waals surface area contributed by atoms with E-state index < -0.39 is 0 Å². The molecule has 1 saturated heterocycles. The average molecular weight is 347 g/mol. The summed E-state index contributed by atoms with van der Waals surface area (Å²) in [5.74, 6) is 0.619. The van der Waals surface area contributed by atoms with Crippen LogP contribution in [0, 0.1) is 0 Å². The number of nitrogens with one attached hydrogen (secondary N) is 1. The number of anilines is 1. The molecule has 0 aromatic heterocycles. The van der Waals surface area contributed by atoms with Gasteiger partial charge in [0.2, 0.25) is 0 Å². The van der Waals surface area contributed by atoms with Gasteiger partial charge in [-0.15, -0.1) is 0 Å². The van der Waals surface area contributed by atoms with Crippen LogP contribution < -0.4 is 10.1 Å². The van der Waals surface area contributed by atoms with Crippen molar-refractivity contribution >= 4 is 22.4 Å². The molecule has 26 heavy (non-hydrogen) atoms. The second-order valence-corrected chi connectivity index (χ2v) is 6.49. The van der Waals surface area contributed by atoms with Gasteiger partial charge in [0.15, 0.2) is 0 Å². The maximum atomic E-state index is 12.5. The van der Waals surface area contributed by atoms with Crippen molar-refractivity contribution in [3.63, 3.8) is 0 Å². The standard InChI is InChI=1S/C22H21NO3/c24-22(23-19-10-7-16-4-1-2-5-18(16)14-19)17-8-11-20(12-9-17)26-15-21-6-3-13-25-21/h1-2,4-5,7-12,14,21H,3,6,13,15H2,(H,23,24). The molecule has 0 saturated carbocycles. The minimum absolute atomic E-state index is 0.133. The van der Waals surface area contributed by atoms with Gasteiger partial charge in [0, 0.05) is 17.9 Å². The van der Waals surface area contributed by atoms with Crippen LogP contribution >= 0.6 is 0 Å². The highest BCUT2D eigenvalue weighted by molar-refractivity contribution is 6.05. The van der Waals surface area contributed by atoms with Gasteiger partial charge in [-0.3, -0.25) is 4.79 Å². The molecule has 1 N–H and O–H groups in total. The lowest BCUT2D eigenvalue weighted by atomic mass is 10.1. The summed E-state index contributed by atoms with van der Waals surface area (Å²) in [7, 11) is 0. The summed E-state index contributed by atoms with van der Waals surface area (Å²) in [5.41, 5.74) is 1.38. The van der Waals surface area contributed by atoms with E-state index in [2.05, 4.69) is 11.4 Å². The third-order valence-electron chi connectivity index (χ3n) is 4.58.